The molecule has 0 aliphatic carbocycles. The lowest BCUT2D eigenvalue weighted by Gasteiger charge is -2.48. The average Bonchev–Trinajstić information content (AvgIpc) is 3.06. The second-order valence-electron chi connectivity index (χ2n) is 7.45. The molecule has 152 valence electrons. The summed E-state index contributed by atoms with van der Waals surface area (Å²) in [4.78, 5) is 8.10. The van der Waals surface area contributed by atoms with Crippen molar-refractivity contribution in [1.29, 1.82) is 0 Å². The van der Waals surface area contributed by atoms with E-state index in [9.17, 15) is 5.11 Å². The maximum absolute atomic E-state index is 10.3. The van der Waals surface area contributed by atoms with Crippen LogP contribution in [0.3, 0.4) is 0 Å². The summed E-state index contributed by atoms with van der Waals surface area (Å²) in [7, 11) is 0. The van der Waals surface area contributed by atoms with Crippen LogP contribution in [0.15, 0.2) is 27.2 Å². The molecule has 0 bridgehead atoms. The number of fused-ring (bicyclic) bond motifs is 1. The van der Waals surface area contributed by atoms with Gasteiger partial charge in [-0.05, 0) is 49.8 Å². The van der Waals surface area contributed by atoms with Crippen LogP contribution >= 0.6 is 35.1 Å². The maximum Gasteiger partial charge on any atom is 0.102 e. The summed E-state index contributed by atoms with van der Waals surface area (Å²) < 4.78 is 6.26. The first kappa shape index (κ1) is 21.5. The summed E-state index contributed by atoms with van der Waals surface area (Å²) in [6, 6.07) is 0.354. The summed E-state index contributed by atoms with van der Waals surface area (Å²) in [5, 5.41) is 10.3. The van der Waals surface area contributed by atoms with Gasteiger partial charge in [-0.1, -0.05) is 0 Å². The number of nitrogens with zero attached hydrogens (tertiary/aromatic N) is 2. The van der Waals surface area contributed by atoms with Crippen molar-refractivity contribution in [2.24, 2.45) is 10.7 Å². The number of aliphatic hydroxyl groups is 1. The smallest absolute Gasteiger partial charge is 0.102 e. The summed E-state index contributed by atoms with van der Waals surface area (Å²) in [6.07, 6.45) is 7.75. The molecule has 1 saturated heterocycles. The van der Waals surface area contributed by atoms with E-state index in [4.69, 9.17) is 22.1 Å². The van der Waals surface area contributed by atoms with Gasteiger partial charge in [0, 0.05) is 42.5 Å². The fourth-order valence-electron chi connectivity index (χ4n) is 4.12. The first-order chi connectivity index (χ1) is 13.0. The Balaban J connectivity index is 1.65. The molecule has 3 unspecified atom stereocenters. The summed E-state index contributed by atoms with van der Waals surface area (Å²) >= 11 is 9.86. The molecule has 3 N–H and O–H groups in total. The van der Waals surface area contributed by atoms with Crippen LogP contribution < -0.4 is 5.73 Å². The lowest BCUT2D eigenvalue weighted by atomic mass is 9.82. The zero-order valence-corrected chi connectivity index (χ0v) is 18.5. The molecule has 0 aromatic rings. The highest BCUT2D eigenvalue weighted by molar-refractivity contribution is 8.05. The second-order valence-corrected chi connectivity index (χ2v) is 10.4. The normalized spacial score (nSPS) is 35.4. The highest BCUT2D eigenvalue weighted by atomic mass is 35.5. The summed E-state index contributed by atoms with van der Waals surface area (Å²) in [5.41, 5.74) is 7.70. The van der Waals surface area contributed by atoms with Gasteiger partial charge in [-0.25, -0.2) is 0 Å². The third-order valence-corrected chi connectivity index (χ3v) is 7.89. The molecule has 27 heavy (non-hydrogen) atoms. The second kappa shape index (κ2) is 9.55. The first-order valence-electron chi connectivity index (χ1n) is 9.49. The van der Waals surface area contributed by atoms with Crippen LogP contribution in [0.25, 0.3) is 0 Å². The van der Waals surface area contributed by atoms with Gasteiger partial charge >= 0.3 is 0 Å². The molecule has 1 fully saturated rings. The standard InChI is InChI=1S/C19H30ClN3O2S2/c1-13-8-19(18-15(7-17(20)27-18)16(24)12-25-19)3-5-23(13)11-14(9-21)10-22-4-6-26-2/h9-10,13,16-17,24H,3-8,11-12,21H2,1-2H3/t13-,16?,17?,19?/m0/s1. The Hall–Kier alpha value is -0.180. The van der Waals surface area contributed by atoms with E-state index in [-0.39, 0.29) is 10.3 Å². The van der Waals surface area contributed by atoms with E-state index < -0.39 is 6.10 Å². The third-order valence-electron chi connectivity index (χ3n) is 5.58. The quantitative estimate of drug-likeness (QED) is 0.383. The van der Waals surface area contributed by atoms with Crippen molar-refractivity contribution in [3.8, 4) is 0 Å². The number of thioether (sulfide) groups is 2. The fourth-order valence-corrected chi connectivity index (χ4v) is 6.19. The molecule has 3 aliphatic rings. The van der Waals surface area contributed by atoms with Crippen molar-refractivity contribution >= 4 is 41.3 Å². The number of hydrogen-bond donors (Lipinski definition) is 2. The van der Waals surface area contributed by atoms with E-state index in [1.165, 1.54) is 4.91 Å². The van der Waals surface area contributed by atoms with E-state index in [0.717, 1.165) is 55.8 Å². The minimum Gasteiger partial charge on any atom is -0.404 e. The fraction of sp³-hybridized carbons (Fsp3) is 0.737. The van der Waals surface area contributed by atoms with Gasteiger partial charge in [0.05, 0.1) is 17.4 Å². The topological polar surface area (TPSA) is 71.1 Å². The molecule has 4 atom stereocenters. The molecule has 3 aliphatic heterocycles. The lowest BCUT2D eigenvalue weighted by Crippen LogP contribution is -2.54. The van der Waals surface area contributed by atoms with Crippen LogP contribution in [0, 0.1) is 0 Å². The van der Waals surface area contributed by atoms with Crippen molar-refractivity contribution in [3.05, 3.63) is 22.3 Å². The number of nitrogens with two attached hydrogens (primary N) is 1. The Bertz CT molecular complexity index is 628. The molecule has 0 aromatic heterocycles. The Morgan fingerprint density at radius 3 is 3.11 bits per heavy atom. The number of aliphatic imine (C=N–C) groups is 1. The molecule has 3 rings (SSSR count). The van der Waals surface area contributed by atoms with Crippen molar-refractivity contribution in [3.63, 3.8) is 0 Å². The average molecular weight is 432 g/mol. The molecule has 8 heteroatoms. The van der Waals surface area contributed by atoms with Gasteiger partial charge in [0.25, 0.3) is 0 Å². The van der Waals surface area contributed by atoms with Crippen molar-refractivity contribution < 1.29 is 9.84 Å². The van der Waals surface area contributed by atoms with Crippen molar-refractivity contribution in [1.82, 2.24) is 4.90 Å². The van der Waals surface area contributed by atoms with Crippen molar-refractivity contribution in [2.75, 3.05) is 38.2 Å². The summed E-state index contributed by atoms with van der Waals surface area (Å²) in [5.74, 6) is 1.02. The molecule has 0 aromatic carbocycles. The molecule has 5 nitrogen and oxygen atoms in total. The van der Waals surface area contributed by atoms with Crippen LogP contribution in [-0.4, -0.2) is 76.9 Å². The highest BCUT2D eigenvalue weighted by Gasteiger charge is 2.49. The van der Waals surface area contributed by atoms with Gasteiger partial charge in [0.2, 0.25) is 0 Å². The third kappa shape index (κ3) is 4.87. The number of halogens is 1. The van der Waals surface area contributed by atoms with Gasteiger partial charge in [-0.2, -0.15) is 11.8 Å². The minimum absolute atomic E-state index is 0.0147. The van der Waals surface area contributed by atoms with Gasteiger partial charge in [-0.15, -0.1) is 23.4 Å². The van der Waals surface area contributed by atoms with E-state index >= 15 is 0 Å². The van der Waals surface area contributed by atoms with E-state index in [0.29, 0.717) is 12.6 Å². The van der Waals surface area contributed by atoms with Gasteiger partial charge < -0.3 is 15.6 Å². The first-order valence-corrected chi connectivity index (χ1v) is 12.2. The van der Waals surface area contributed by atoms with Crippen molar-refractivity contribution in [2.45, 2.75) is 48.6 Å². The Morgan fingerprint density at radius 2 is 2.41 bits per heavy atom. The number of alkyl halides is 1. The number of ether oxygens (including phenoxy) is 1. The lowest BCUT2D eigenvalue weighted by molar-refractivity contribution is -0.0991. The predicted molar refractivity (Wildman–Crippen MR) is 118 cm³/mol. The zero-order chi connectivity index (χ0) is 19.4. The predicted octanol–water partition coefficient (Wildman–Crippen LogP) is 2.83. The Labute approximate surface area is 175 Å². The van der Waals surface area contributed by atoms with Gasteiger partial charge in [0.1, 0.15) is 5.60 Å². The van der Waals surface area contributed by atoms with Gasteiger partial charge in [-0.3, -0.25) is 9.89 Å². The number of aliphatic hydroxyl groups excluding tert-OH is 1. The molecule has 0 saturated carbocycles. The molecule has 1 spiro atoms. The van der Waals surface area contributed by atoms with E-state index in [2.05, 4.69) is 23.1 Å². The summed E-state index contributed by atoms with van der Waals surface area (Å²) in [6.45, 7) is 5.17. The largest absolute Gasteiger partial charge is 0.404 e. The maximum atomic E-state index is 10.3. The van der Waals surface area contributed by atoms with Crippen LogP contribution in [0.2, 0.25) is 0 Å². The Kier molecular flexibility index (Phi) is 7.61. The van der Waals surface area contributed by atoms with Crippen LogP contribution in [0.1, 0.15) is 26.2 Å². The van der Waals surface area contributed by atoms with E-state index in [1.807, 2.05) is 6.21 Å². The number of rotatable bonds is 6. The Morgan fingerprint density at radius 1 is 1.59 bits per heavy atom. The number of piperidine rings is 1. The number of hydrogen-bond acceptors (Lipinski definition) is 7. The molecular weight excluding hydrogens is 402 g/mol. The zero-order valence-electron chi connectivity index (χ0n) is 16.1. The van der Waals surface area contributed by atoms with Crippen LogP contribution in [0.4, 0.5) is 0 Å². The number of likely N-dealkylation sites (tertiary alicyclic amines) is 1. The molecule has 0 amide bonds. The monoisotopic (exact) mass is 431 g/mol. The van der Waals surface area contributed by atoms with E-state index in [1.54, 1.807) is 29.7 Å². The highest BCUT2D eigenvalue weighted by Crippen LogP contribution is 2.53. The minimum atomic E-state index is -0.500. The van der Waals surface area contributed by atoms with Crippen LogP contribution in [0.5, 0.6) is 0 Å². The van der Waals surface area contributed by atoms with Crippen LogP contribution in [-0.2, 0) is 4.74 Å². The molecule has 0 radical (unpaired) electrons. The van der Waals surface area contributed by atoms with Gasteiger partial charge in [0.15, 0.2) is 0 Å². The SMILES string of the molecule is CSCCN=CC(=CN)CN1CCC2(C[C@@H]1C)OCC(O)C1=C2SC(Cl)C1. The molecule has 3 heterocycles. The molecular formula is C19H30ClN3O2S2.